The molecule has 1 aliphatic rings. The molecule has 2 aromatic carbocycles. The second kappa shape index (κ2) is 7.90. The molecule has 1 unspecified atom stereocenters. The zero-order valence-electron chi connectivity index (χ0n) is 15.4. The van der Waals surface area contributed by atoms with E-state index in [1.54, 1.807) is 30.3 Å². The number of piperidine rings is 1. The first-order valence-electron chi connectivity index (χ1n) is 8.94. The summed E-state index contributed by atoms with van der Waals surface area (Å²) in [6.07, 6.45) is 2.12. The first-order valence-corrected chi connectivity index (χ1v) is 10.8. The summed E-state index contributed by atoms with van der Waals surface area (Å²) in [6, 6.07) is 11.2. The Hall–Kier alpha value is -2.05. The molecule has 1 amide bonds. The van der Waals surface area contributed by atoms with Crippen LogP contribution < -0.4 is 4.72 Å². The molecular formula is C20H23ClN2O3S. The van der Waals surface area contributed by atoms with Crippen molar-refractivity contribution in [2.45, 2.75) is 31.6 Å². The predicted octanol–water partition coefficient (Wildman–Crippen LogP) is 4.32. The maximum Gasteiger partial charge on any atom is 0.261 e. The van der Waals surface area contributed by atoms with Crippen molar-refractivity contribution < 1.29 is 13.2 Å². The number of nitrogens with one attached hydrogen (secondary N) is 1. The summed E-state index contributed by atoms with van der Waals surface area (Å²) in [5, 5.41) is 0.196. The van der Waals surface area contributed by atoms with Gasteiger partial charge in [-0.05, 0) is 56.0 Å². The SMILES string of the molecule is Cc1ccc(S(=O)(=O)Nc2ccc(C(=O)N3CCCC(C)C3)cc2Cl)cc1. The lowest BCUT2D eigenvalue weighted by atomic mass is 9.99. The molecule has 5 nitrogen and oxygen atoms in total. The van der Waals surface area contributed by atoms with Gasteiger partial charge in [0, 0.05) is 18.7 Å². The molecule has 1 atom stereocenters. The van der Waals surface area contributed by atoms with Crippen LogP contribution in [0, 0.1) is 12.8 Å². The van der Waals surface area contributed by atoms with E-state index in [1.165, 1.54) is 12.1 Å². The predicted molar refractivity (Wildman–Crippen MR) is 108 cm³/mol. The quantitative estimate of drug-likeness (QED) is 0.822. The van der Waals surface area contributed by atoms with Crippen LogP contribution in [0.1, 0.15) is 35.7 Å². The van der Waals surface area contributed by atoms with Gasteiger partial charge in [-0.2, -0.15) is 0 Å². The molecule has 0 bridgehead atoms. The summed E-state index contributed by atoms with van der Waals surface area (Å²) >= 11 is 6.26. The summed E-state index contributed by atoms with van der Waals surface area (Å²) in [5.41, 5.74) is 1.69. The second-order valence-electron chi connectivity index (χ2n) is 7.11. The average Bonchev–Trinajstić information content (AvgIpc) is 2.63. The number of likely N-dealkylation sites (tertiary alicyclic amines) is 1. The van der Waals surface area contributed by atoms with Crippen LogP contribution in [-0.4, -0.2) is 32.3 Å². The van der Waals surface area contributed by atoms with E-state index in [9.17, 15) is 13.2 Å². The van der Waals surface area contributed by atoms with Gasteiger partial charge >= 0.3 is 0 Å². The Morgan fingerprint density at radius 3 is 2.52 bits per heavy atom. The fraction of sp³-hybridized carbons (Fsp3) is 0.350. The summed E-state index contributed by atoms with van der Waals surface area (Å²) < 4.78 is 27.5. The van der Waals surface area contributed by atoms with Crippen LogP contribution in [0.4, 0.5) is 5.69 Å². The number of amides is 1. The van der Waals surface area contributed by atoms with Crippen molar-refractivity contribution in [2.24, 2.45) is 5.92 Å². The zero-order chi connectivity index (χ0) is 19.6. The van der Waals surface area contributed by atoms with Crippen LogP contribution in [0.3, 0.4) is 0 Å². The van der Waals surface area contributed by atoms with Crippen molar-refractivity contribution >= 4 is 33.2 Å². The van der Waals surface area contributed by atoms with Crippen LogP contribution in [0.15, 0.2) is 47.4 Å². The Morgan fingerprint density at radius 2 is 1.89 bits per heavy atom. The number of benzene rings is 2. The normalized spacial score (nSPS) is 17.6. The zero-order valence-corrected chi connectivity index (χ0v) is 17.0. The molecule has 1 saturated heterocycles. The fourth-order valence-electron chi connectivity index (χ4n) is 3.21. The van der Waals surface area contributed by atoms with Gasteiger partial charge in [-0.1, -0.05) is 36.2 Å². The highest BCUT2D eigenvalue weighted by Gasteiger charge is 2.23. The number of aryl methyl sites for hydroxylation is 1. The molecule has 3 rings (SSSR count). The second-order valence-corrected chi connectivity index (χ2v) is 9.20. The highest BCUT2D eigenvalue weighted by Crippen LogP contribution is 2.27. The number of carbonyl (C=O) groups excluding carboxylic acids is 1. The minimum atomic E-state index is -3.74. The number of hydrogen-bond donors (Lipinski definition) is 1. The lowest BCUT2D eigenvalue weighted by molar-refractivity contribution is 0.0683. The average molecular weight is 407 g/mol. The molecule has 0 radical (unpaired) electrons. The molecular weight excluding hydrogens is 384 g/mol. The monoisotopic (exact) mass is 406 g/mol. The standard InChI is InChI=1S/C20H23ClN2O3S/c1-14-5-8-17(9-6-14)27(25,26)22-19-10-7-16(12-18(19)21)20(24)23-11-3-4-15(2)13-23/h5-10,12,15,22H,3-4,11,13H2,1-2H3. The van der Waals surface area contributed by atoms with Crippen molar-refractivity contribution in [1.82, 2.24) is 4.90 Å². The largest absolute Gasteiger partial charge is 0.338 e. The van der Waals surface area contributed by atoms with Crippen molar-refractivity contribution in [3.63, 3.8) is 0 Å². The van der Waals surface area contributed by atoms with Gasteiger partial charge in [0.25, 0.3) is 15.9 Å². The van der Waals surface area contributed by atoms with Gasteiger partial charge in [0.15, 0.2) is 0 Å². The number of nitrogens with zero attached hydrogens (tertiary/aromatic N) is 1. The van der Waals surface area contributed by atoms with E-state index in [0.29, 0.717) is 11.5 Å². The smallest absolute Gasteiger partial charge is 0.261 e. The van der Waals surface area contributed by atoms with Gasteiger partial charge in [0.2, 0.25) is 0 Å². The molecule has 0 spiro atoms. The van der Waals surface area contributed by atoms with Gasteiger partial charge < -0.3 is 4.90 Å². The Balaban J connectivity index is 1.78. The molecule has 0 saturated carbocycles. The van der Waals surface area contributed by atoms with Crippen molar-refractivity contribution in [1.29, 1.82) is 0 Å². The molecule has 7 heteroatoms. The maximum absolute atomic E-state index is 12.7. The van der Waals surface area contributed by atoms with E-state index in [2.05, 4.69) is 11.6 Å². The van der Waals surface area contributed by atoms with E-state index < -0.39 is 10.0 Å². The Morgan fingerprint density at radius 1 is 1.19 bits per heavy atom. The fourth-order valence-corrected chi connectivity index (χ4v) is 4.57. The summed E-state index contributed by atoms with van der Waals surface area (Å²) in [6.45, 7) is 5.50. The minimum absolute atomic E-state index is 0.0728. The number of rotatable bonds is 4. The van der Waals surface area contributed by atoms with E-state index >= 15 is 0 Å². The van der Waals surface area contributed by atoms with E-state index in [-0.39, 0.29) is 21.5 Å². The summed E-state index contributed by atoms with van der Waals surface area (Å²) in [5.74, 6) is 0.412. The van der Waals surface area contributed by atoms with Crippen LogP contribution in [0.25, 0.3) is 0 Å². The highest BCUT2D eigenvalue weighted by molar-refractivity contribution is 7.92. The number of anilines is 1. The maximum atomic E-state index is 12.7. The third kappa shape index (κ3) is 4.62. The van der Waals surface area contributed by atoms with E-state index in [4.69, 9.17) is 11.6 Å². The molecule has 1 heterocycles. The number of halogens is 1. The molecule has 0 aliphatic carbocycles. The van der Waals surface area contributed by atoms with Crippen molar-refractivity contribution in [2.75, 3.05) is 17.8 Å². The summed E-state index contributed by atoms with van der Waals surface area (Å²) in [4.78, 5) is 14.7. The van der Waals surface area contributed by atoms with Crippen LogP contribution in [0.5, 0.6) is 0 Å². The summed E-state index contributed by atoms with van der Waals surface area (Å²) in [7, 11) is -3.74. The van der Waals surface area contributed by atoms with Gasteiger partial charge in [0.1, 0.15) is 0 Å². The van der Waals surface area contributed by atoms with E-state index in [1.807, 2.05) is 11.8 Å². The minimum Gasteiger partial charge on any atom is -0.338 e. The number of hydrogen-bond acceptors (Lipinski definition) is 3. The highest BCUT2D eigenvalue weighted by atomic mass is 35.5. The van der Waals surface area contributed by atoms with Gasteiger partial charge in [-0.15, -0.1) is 0 Å². The third-order valence-corrected chi connectivity index (χ3v) is 6.43. The molecule has 1 N–H and O–H groups in total. The van der Waals surface area contributed by atoms with Gasteiger partial charge in [0.05, 0.1) is 15.6 Å². The van der Waals surface area contributed by atoms with Crippen LogP contribution in [0.2, 0.25) is 5.02 Å². The Bertz CT molecular complexity index is 942. The van der Waals surface area contributed by atoms with Crippen molar-refractivity contribution in [3.05, 3.63) is 58.6 Å². The molecule has 144 valence electrons. The lowest BCUT2D eigenvalue weighted by Gasteiger charge is -2.31. The first kappa shape index (κ1) is 19.7. The molecule has 1 fully saturated rings. The topological polar surface area (TPSA) is 66.5 Å². The molecule has 1 aliphatic heterocycles. The Labute approximate surface area is 165 Å². The van der Waals surface area contributed by atoms with Gasteiger partial charge in [-0.3, -0.25) is 9.52 Å². The Kier molecular flexibility index (Phi) is 5.77. The molecule has 27 heavy (non-hydrogen) atoms. The lowest BCUT2D eigenvalue weighted by Crippen LogP contribution is -2.39. The number of carbonyl (C=O) groups is 1. The van der Waals surface area contributed by atoms with E-state index in [0.717, 1.165) is 31.5 Å². The third-order valence-electron chi connectivity index (χ3n) is 4.74. The van der Waals surface area contributed by atoms with Crippen LogP contribution >= 0.6 is 11.6 Å². The molecule has 0 aromatic heterocycles. The van der Waals surface area contributed by atoms with Crippen LogP contribution in [-0.2, 0) is 10.0 Å². The van der Waals surface area contributed by atoms with Gasteiger partial charge in [-0.25, -0.2) is 8.42 Å². The number of sulfonamides is 1. The first-order chi connectivity index (χ1) is 12.8. The van der Waals surface area contributed by atoms with Crippen molar-refractivity contribution in [3.8, 4) is 0 Å². The molecule has 2 aromatic rings.